The third kappa shape index (κ3) is 2.49. The predicted octanol–water partition coefficient (Wildman–Crippen LogP) is 2.83. The third-order valence-corrected chi connectivity index (χ3v) is 4.58. The molecular formula is C15H19ClN2O. The molecular weight excluding hydrogens is 260 g/mol. The number of halogens is 1. The minimum Gasteiger partial charge on any atom is -0.367 e. The van der Waals surface area contributed by atoms with Crippen molar-refractivity contribution in [3.8, 4) is 0 Å². The van der Waals surface area contributed by atoms with Gasteiger partial charge in [0.1, 0.15) is 0 Å². The second kappa shape index (κ2) is 5.14. The van der Waals surface area contributed by atoms with E-state index in [2.05, 4.69) is 9.80 Å². The van der Waals surface area contributed by atoms with Crippen LogP contribution in [-0.2, 0) is 0 Å². The van der Waals surface area contributed by atoms with Crippen LogP contribution in [0.2, 0.25) is 5.02 Å². The van der Waals surface area contributed by atoms with Crippen LogP contribution < -0.4 is 4.90 Å². The van der Waals surface area contributed by atoms with Gasteiger partial charge in [-0.1, -0.05) is 11.6 Å². The van der Waals surface area contributed by atoms with Gasteiger partial charge in [0, 0.05) is 31.2 Å². The molecule has 0 spiro atoms. The normalized spacial score (nSPS) is 23.5. The van der Waals surface area contributed by atoms with Crippen LogP contribution >= 0.6 is 11.6 Å². The molecule has 1 aromatic carbocycles. The van der Waals surface area contributed by atoms with E-state index in [1.807, 2.05) is 12.1 Å². The predicted molar refractivity (Wildman–Crippen MR) is 78.3 cm³/mol. The van der Waals surface area contributed by atoms with E-state index in [1.54, 1.807) is 13.0 Å². The van der Waals surface area contributed by atoms with Crippen molar-refractivity contribution >= 4 is 23.1 Å². The first-order chi connectivity index (χ1) is 9.15. The van der Waals surface area contributed by atoms with Crippen molar-refractivity contribution in [2.24, 2.45) is 0 Å². The summed E-state index contributed by atoms with van der Waals surface area (Å²) in [5.74, 6) is 0.0639. The first kappa shape index (κ1) is 12.9. The summed E-state index contributed by atoms with van der Waals surface area (Å²) < 4.78 is 0. The van der Waals surface area contributed by atoms with E-state index < -0.39 is 0 Å². The lowest BCUT2D eigenvalue weighted by Crippen LogP contribution is -2.50. The maximum Gasteiger partial charge on any atom is 0.159 e. The van der Waals surface area contributed by atoms with Gasteiger partial charge < -0.3 is 4.90 Å². The molecule has 0 aromatic heterocycles. The summed E-state index contributed by atoms with van der Waals surface area (Å²) in [4.78, 5) is 16.3. The molecule has 3 nitrogen and oxygen atoms in total. The lowest BCUT2D eigenvalue weighted by atomic mass is 10.1. The molecule has 2 aliphatic rings. The lowest BCUT2D eigenvalue weighted by molar-refractivity contribution is 0.101. The van der Waals surface area contributed by atoms with Crippen molar-refractivity contribution in [3.63, 3.8) is 0 Å². The van der Waals surface area contributed by atoms with Crippen LogP contribution in [0.1, 0.15) is 30.1 Å². The topological polar surface area (TPSA) is 23.6 Å². The Morgan fingerprint density at radius 1 is 1.32 bits per heavy atom. The van der Waals surface area contributed by atoms with Crippen molar-refractivity contribution in [1.82, 2.24) is 4.90 Å². The maximum absolute atomic E-state index is 11.4. The molecule has 0 bridgehead atoms. The van der Waals surface area contributed by atoms with Crippen molar-refractivity contribution in [2.45, 2.75) is 25.8 Å². The Hall–Kier alpha value is -1.06. The van der Waals surface area contributed by atoms with Gasteiger partial charge in [0.05, 0.1) is 10.7 Å². The maximum atomic E-state index is 11.4. The number of Topliss-reactive ketones (excluding diaryl/α,β-unsaturated/α-hetero) is 1. The van der Waals surface area contributed by atoms with E-state index in [1.165, 1.54) is 19.4 Å². The molecule has 1 atom stereocenters. The number of rotatable bonds is 2. The average Bonchev–Trinajstić information content (AvgIpc) is 2.85. The smallest absolute Gasteiger partial charge is 0.159 e. The summed E-state index contributed by atoms with van der Waals surface area (Å²) >= 11 is 6.34. The van der Waals surface area contributed by atoms with Crippen LogP contribution in [0.15, 0.2) is 18.2 Å². The van der Waals surface area contributed by atoms with E-state index in [0.29, 0.717) is 16.6 Å². The molecule has 0 aliphatic carbocycles. The van der Waals surface area contributed by atoms with Gasteiger partial charge in [0.15, 0.2) is 5.78 Å². The van der Waals surface area contributed by atoms with Crippen LogP contribution in [0.4, 0.5) is 5.69 Å². The van der Waals surface area contributed by atoms with E-state index in [-0.39, 0.29) is 5.78 Å². The first-order valence-corrected chi connectivity index (χ1v) is 7.32. The van der Waals surface area contributed by atoms with Crippen molar-refractivity contribution in [1.29, 1.82) is 0 Å². The quantitative estimate of drug-likeness (QED) is 0.777. The summed E-state index contributed by atoms with van der Waals surface area (Å²) in [5, 5.41) is 0.694. The van der Waals surface area contributed by atoms with E-state index in [0.717, 1.165) is 25.3 Å². The number of benzene rings is 1. The van der Waals surface area contributed by atoms with Gasteiger partial charge in [-0.2, -0.15) is 0 Å². The molecule has 1 unspecified atom stereocenters. The Balaban J connectivity index is 1.80. The Labute approximate surface area is 119 Å². The van der Waals surface area contributed by atoms with Gasteiger partial charge >= 0.3 is 0 Å². The SMILES string of the molecule is CC(=O)c1ccc(N2CCN3CCCC3C2)c(Cl)c1. The zero-order chi connectivity index (χ0) is 13.4. The van der Waals surface area contributed by atoms with E-state index in [4.69, 9.17) is 11.6 Å². The molecule has 1 aromatic rings. The summed E-state index contributed by atoms with van der Waals surface area (Å²) in [5.41, 5.74) is 1.76. The lowest BCUT2D eigenvalue weighted by Gasteiger charge is -2.39. The Bertz CT molecular complexity index is 503. The Morgan fingerprint density at radius 2 is 2.16 bits per heavy atom. The summed E-state index contributed by atoms with van der Waals surface area (Å²) in [7, 11) is 0. The molecule has 4 heteroatoms. The van der Waals surface area contributed by atoms with Gasteiger partial charge in [-0.05, 0) is 44.5 Å². The minimum atomic E-state index is 0.0639. The van der Waals surface area contributed by atoms with Crippen LogP contribution in [-0.4, -0.2) is 42.9 Å². The van der Waals surface area contributed by atoms with Crippen LogP contribution in [0.5, 0.6) is 0 Å². The van der Waals surface area contributed by atoms with Crippen molar-refractivity contribution in [2.75, 3.05) is 31.1 Å². The molecule has 0 radical (unpaired) electrons. The zero-order valence-corrected chi connectivity index (χ0v) is 12.0. The summed E-state index contributed by atoms with van der Waals surface area (Å²) in [6.45, 7) is 6.02. The molecule has 2 saturated heterocycles. The van der Waals surface area contributed by atoms with Gasteiger partial charge in [-0.25, -0.2) is 0 Å². The molecule has 0 N–H and O–H groups in total. The molecule has 2 heterocycles. The molecule has 0 amide bonds. The number of carbonyl (C=O) groups is 1. The van der Waals surface area contributed by atoms with Crippen molar-refractivity contribution < 1.29 is 4.79 Å². The number of carbonyl (C=O) groups excluding carboxylic acids is 1. The molecule has 2 fully saturated rings. The highest BCUT2D eigenvalue weighted by Gasteiger charge is 2.31. The van der Waals surface area contributed by atoms with Crippen LogP contribution in [0.25, 0.3) is 0 Å². The standard InChI is InChI=1S/C15H19ClN2O/c1-11(19)12-4-5-15(14(16)9-12)18-8-7-17-6-2-3-13(17)10-18/h4-5,9,13H,2-3,6-8,10H2,1H3. The van der Waals surface area contributed by atoms with Gasteiger partial charge in [-0.3, -0.25) is 9.69 Å². The molecule has 3 rings (SSSR count). The fraction of sp³-hybridized carbons (Fsp3) is 0.533. The summed E-state index contributed by atoms with van der Waals surface area (Å²) in [6, 6.07) is 6.34. The molecule has 2 aliphatic heterocycles. The fourth-order valence-electron chi connectivity index (χ4n) is 3.19. The number of piperazine rings is 1. The van der Waals surface area contributed by atoms with E-state index >= 15 is 0 Å². The minimum absolute atomic E-state index is 0.0639. The highest BCUT2D eigenvalue weighted by atomic mass is 35.5. The molecule has 102 valence electrons. The number of hydrogen-bond donors (Lipinski definition) is 0. The third-order valence-electron chi connectivity index (χ3n) is 4.28. The van der Waals surface area contributed by atoms with Crippen LogP contribution in [0, 0.1) is 0 Å². The Morgan fingerprint density at radius 3 is 2.89 bits per heavy atom. The highest BCUT2D eigenvalue weighted by molar-refractivity contribution is 6.33. The second-order valence-electron chi connectivity index (χ2n) is 5.50. The molecule has 19 heavy (non-hydrogen) atoms. The Kier molecular flexibility index (Phi) is 3.50. The number of nitrogens with zero attached hydrogens (tertiary/aromatic N) is 2. The summed E-state index contributed by atoms with van der Waals surface area (Å²) in [6.07, 6.45) is 2.61. The number of fused-ring (bicyclic) bond motifs is 1. The molecule has 0 saturated carbocycles. The number of hydrogen-bond acceptors (Lipinski definition) is 3. The van der Waals surface area contributed by atoms with Crippen molar-refractivity contribution in [3.05, 3.63) is 28.8 Å². The number of ketones is 1. The fourth-order valence-corrected chi connectivity index (χ4v) is 3.49. The van der Waals surface area contributed by atoms with Gasteiger partial charge in [0.2, 0.25) is 0 Å². The van der Waals surface area contributed by atoms with Gasteiger partial charge in [-0.15, -0.1) is 0 Å². The van der Waals surface area contributed by atoms with Gasteiger partial charge in [0.25, 0.3) is 0 Å². The highest BCUT2D eigenvalue weighted by Crippen LogP contribution is 2.31. The van der Waals surface area contributed by atoms with Crippen LogP contribution in [0.3, 0.4) is 0 Å². The largest absolute Gasteiger partial charge is 0.367 e. The first-order valence-electron chi connectivity index (χ1n) is 6.94. The average molecular weight is 279 g/mol. The monoisotopic (exact) mass is 278 g/mol. The second-order valence-corrected chi connectivity index (χ2v) is 5.91. The number of anilines is 1. The zero-order valence-electron chi connectivity index (χ0n) is 11.2. The van der Waals surface area contributed by atoms with E-state index in [9.17, 15) is 4.79 Å².